The Morgan fingerprint density at radius 2 is 1.91 bits per heavy atom. The van der Waals surface area contributed by atoms with Crippen molar-refractivity contribution < 1.29 is 23.5 Å². The molecule has 1 atom stereocenters. The molecule has 120 valence electrons. The van der Waals surface area contributed by atoms with Crippen LogP contribution in [0, 0.1) is 17.6 Å². The van der Waals surface area contributed by atoms with Gasteiger partial charge in [0.1, 0.15) is 0 Å². The van der Waals surface area contributed by atoms with E-state index in [0.29, 0.717) is 25.9 Å². The van der Waals surface area contributed by atoms with Crippen LogP contribution in [-0.4, -0.2) is 35.0 Å². The molecule has 1 aliphatic heterocycles. The molecule has 0 spiro atoms. The molecule has 0 radical (unpaired) electrons. The van der Waals surface area contributed by atoms with Gasteiger partial charge in [-0.3, -0.25) is 9.59 Å². The first-order valence-corrected chi connectivity index (χ1v) is 7.42. The van der Waals surface area contributed by atoms with Crippen LogP contribution < -0.4 is 0 Å². The molecule has 0 saturated carbocycles. The summed E-state index contributed by atoms with van der Waals surface area (Å²) >= 11 is 5.82. The third-order valence-corrected chi connectivity index (χ3v) is 4.15. The molecule has 0 bridgehead atoms. The Labute approximate surface area is 131 Å². The predicted octanol–water partition coefficient (Wildman–Crippen LogP) is 3.34. The molecule has 1 fully saturated rings. The van der Waals surface area contributed by atoms with Crippen LogP contribution in [0.25, 0.3) is 0 Å². The van der Waals surface area contributed by atoms with Crippen LogP contribution in [0.2, 0.25) is 5.02 Å². The van der Waals surface area contributed by atoms with Gasteiger partial charge in [-0.15, -0.1) is 0 Å². The maximum absolute atomic E-state index is 13.3. The molecule has 1 heterocycles. The number of aliphatic carboxylic acids is 1. The van der Waals surface area contributed by atoms with Crippen LogP contribution in [0.5, 0.6) is 0 Å². The fraction of sp³-hybridized carbons (Fsp3) is 0.467. The highest BCUT2D eigenvalue weighted by Crippen LogP contribution is 2.25. The maximum Gasteiger partial charge on any atom is 0.303 e. The molecule has 1 aromatic carbocycles. The third kappa shape index (κ3) is 3.94. The maximum atomic E-state index is 13.3. The monoisotopic (exact) mass is 331 g/mol. The van der Waals surface area contributed by atoms with Gasteiger partial charge in [0.2, 0.25) is 0 Å². The van der Waals surface area contributed by atoms with E-state index in [9.17, 15) is 18.4 Å². The van der Waals surface area contributed by atoms with Crippen LogP contribution in [0.1, 0.15) is 36.0 Å². The van der Waals surface area contributed by atoms with E-state index < -0.39 is 23.5 Å². The summed E-state index contributed by atoms with van der Waals surface area (Å²) in [5.74, 6) is -3.51. The van der Waals surface area contributed by atoms with Gasteiger partial charge in [0.05, 0.1) is 10.6 Å². The average Bonchev–Trinajstić information content (AvgIpc) is 2.67. The summed E-state index contributed by atoms with van der Waals surface area (Å²) in [5, 5.41) is 8.70. The minimum absolute atomic E-state index is 0.0238. The lowest BCUT2D eigenvalue weighted by atomic mass is 9.97. The molecule has 2 rings (SSSR count). The standard InChI is InChI=1S/C15H16ClF2NO3/c16-11-8-13(18)12(17)7-10(11)15(22)19-4-1-2-9(3-5-19)6-14(20)21/h7-9H,1-6H2,(H,20,21)/t9-/m0/s1. The van der Waals surface area contributed by atoms with Crippen LogP contribution in [0.3, 0.4) is 0 Å². The predicted molar refractivity (Wildman–Crippen MR) is 76.9 cm³/mol. The van der Waals surface area contributed by atoms with Crippen LogP contribution in [-0.2, 0) is 4.79 Å². The molecular formula is C15H16ClF2NO3. The van der Waals surface area contributed by atoms with Gasteiger partial charge in [0.25, 0.3) is 5.91 Å². The smallest absolute Gasteiger partial charge is 0.303 e. The number of carboxylic acids is 1. The molecule has 4 nitrogen and oxygen atoms in total. The van der Waals surface area contributed by atoms with Crippen molar-refractivity contribution in [3.05, 3.63) is 34.4 Å². The van der Waals surface area contributed by atoms with Crippen molar-refractivity contribution in [3.63, 3.8) is 0 Å². The zero-order valence-corrected chi connectivity index (χ0v) is 12.6. The first kappa shape index (κ1) is 16.7. The molecule has 0 unspecified atom stereocenters. The van der Waals surface area contributed by atoms with Gasteiger partial charge in [-0.25, -0.2) is 8.78 Å². The Hall–Kier alpha value is -1.69. The number of hydrogen-bond acceptors (Lipinski definition) is 2. The third-order valence-electron chi connectivity index (χ3n) is 3.84. The number of carboxylic acid groups (broad SMARTS) is 1. The molecule has 0 aromatic heterocycles. The minimum Gasteiger partial charge on any atom is -0.481 e. The molecule has 1 aromatic rings. The van der Waals surface area contributed by atoms with E-state index in [2.05, 4.69) is 0 Å². The van der Waals surface area contributed by atoms with E-state index >= 15 is 0 Å². The SMILES string of the molecule is O=C(O)C[C@H]1CCCN(C(=O)c2cc(F)c(F)cc2Cl)CC1. The number of rotatable bonds is 3. The fourth-order valence-electron chi connectivity index (χ4n) is 2.68. The number of benzene rings is 1. The van der Waals surface area contributed by atoms with Crippen molar-refractivity contribution in [1.29, 1.82) is 0 Å². The normalized spacial score (nSPS) is 18.9. The van der Waals surface area contributed by atoms with Crippen molar-refractivity contribution in [2.45, 2.75) is 25.7 Å². The van der Waals surface area contributed by atoms with Crippen molar-refractivity contribution in [3.8, 4) is 0 Å². The summed E-state index contributed by atoms with van der Waals surface area (Å²) in [6, 6.07) is 1.59. The number of hydrogen-bond donors (Lipinski definition) is 1. The molecule has 1 amide bonds. The van der Waals surface area contributed by atoms with E-state index in [4.69, 9.17) is 16.7 Å². The van der Waals surface area contributed by atoms with Crippen LogP contribution >= 0.6 is 11.6 Å². The second kappa shape index (κ2) is 7.05. The minimum atomic E-state index is -1.12. The quantitative estimate of drug-likeness (QED) is 0.864. The molecule has 7 heteroatoms. The summed E-state index contributed by atoms with van der Waals surface area (Å²) in [4.78, 5) is 24.7. The van der Waals surface area contributed by atoms with Gasteiger partial charge < -0.3 is 10.0 Å². The zero-order valence-electron chi connectivity index (χ0n) is 11.8. The van der Waals surface area contributed by atoms with Gasteiger partial charge in [-0.1, -0.05) is 11.6 Å². The number of amides is 1. The van der Waals surface area contributed by atoms with E-state index in [1.807, 2.05) is 0 Å². The Morgan fingerprint density at radius 1 is 1.23 bits per heavy atom. The molecule has 22 heavy (non-hydrogen) atoms. The lowest BCUT2D eigenvalue weighted by Crippen LogP contribution is -2.32. The van der Waals surface area contributed by atoms with Crippen molar-refractivity contribution in [1.82, 2.24) is 4.90 Å². The largest absolute Gasteiger partial charge is 0.481 e. The summed E-state index contributed by atoms with van der Waals surface area (Å²) in [5.41, 5.74) is -0.0720. The first-order chi connectivity index (χ1) is 10.4. The van der Waals surface area contributed by atoms with Gasteiger partial charge in [0.15, 0.2) is 11.6 Å². The Morgan fingerprint density at radius 3 is 2.59 bits per heavy atom. The summed E-state index contributed by atoms with van der Waals surface area (Å²) in [7, 11) is 0. The molecule has 0 aliphatic carbocycles. The lowest BCUT2D eigenvalue weighted by molar-refractivity contribution is -0.138. The second-order valence-electron chi connectivity index (χ2n) is 5.43. The molecule has 1 N–H and O–H groups in total. The van der Waals surface area contributed by atoms with Gasteiger partial charge in [0, 0.05) is 19.5 Å². The van der Waals surface area contributed by atoms with Gasteiger partial charge >= 0.3 is 5.97 Å². The van der Waals surface area contributed by atoms with Crippen LogP contribution in [0.4, 0.5) is 8.78 Å². The highest BCUT2D eigenvalue weighted by Gasteiger charge is 2.25. The van der Waals surface area contributed by atoms with Crippen molar-refractivity contribution in [2.75, 3.05) is 13.1 Å². The lowest BCUT2D eigenvalue weighted by Gasteiger charge is -2.21. The number of carbonyl (C=O) groups is 2. The molecule has 1 aliphatic rings. The van der Waals surface area contributed by atoms with Crippen LogP contribution in [0.15, 0.2) is 12.1 Å². The number of carbonyl (C=O) groups excluding carboxylic acids is 1. The summed E-state index contributed by atoms with van der Waals surface area (Å²) in [6.45, 7) is 0.830. The first-order valence-electron chi connectivity index (χ1n) is 7.04. The highest BCUT2D eigenvalue weighted by molar-refractivity contribution is 6.33. The van der Waals surface area contributed by atoms with Gasteiger partial charge in [-0.2, -0.15) is 0 Å². The number of likely N-dealkylation sites (tertiary alicyclic amines) is 1. The summed E-state index contributed by atoms with van der Waals surface area (Å²) < 4.78 is 26.4. The molecule has 1 saturated heterocycles. The Kier molecular flexibility index (Phi) is 5.34. The van der Waals surface area contributed by atoms with Crippen molar-refractivity contribution >= 4 is 23.5 Å². The highest BCUT2D eigenvalue weighted by atomic mass is 35.5. The van der Waals surface area contributed by atoms with Crippen molar-refractivity contribution in [2.24, 2.45) is 5.92 Å². The van der Waals surface area contributed by atoms with E-state index in [1.54, 1.807) is 0 Å². The second-order valence-corrected chi connectivity index (χ2v) is 5.84. The molecular weight excluding hydrogens is 316 g/mol. The Balaban J connectivity index is 2.10. The van der Waals surface area contributed by atoms with E-state index in [-0.39, 0.29) is 22.9 Å². The van der Waals surface area contributed by atoms with Gasteiger partial charge in [-0.05, 0) is 37.3 Å². The Bertz CT molecular complexity index is 594. The topological polar surface area (TPSA) is 57.6 Å². The number of nitrogens with zero attached hydrogens (tertiary/aromatic N) is 1. The fourth-order valence-corrected chi connectivity index (χ4v) is 2.91. The van der Waals surface area contributed by atoms with E-state index in [1.165, 1.54) is 4.90 Å². The van der Waals surface area contributed by atoms with E-state index in [0.717, 1.165) is 18.6 Å². The zero-order chi connectivity index (χ0) is 16.3. The average molecular weight is 332 g/mol. The number of halogens is 3. The summed E-state index contributed by atoms with van der Waals surface area (Å²) in [6.07, 6.45) is 2.04.